The lowest BCUT2D eigenvalue weighted by atomic mass is 10.1. The van der Waals surface area contributed by atoms with Gasteiger partial charge in [-0.2, -0.15) is 16.5 Å². The van der Waals surface area contributed by atoms with E-state index in [0.717, 1.165) is 10.6 Å². The van der Waals surface area contributed by atoms with Gasteiger partial charge in [0.1, 0.15) is 6.04 Å². The van der Waals surface area contributed by atoms with Gasteiger partial charge in [0.25, 0.3) is 0 Å². The van der Waals surface area contributed by atoms with Crippen LogP contribution in [-0.2, 0) is 14.8 Å². The van der Waals surface area contributed by atoms with Crippen LogP contribution in [0.2, 0.25) is 5.02 Å². The van der Waals surface area contributed by atoms with E-state index in [4.69, 9.17) is 11.6 Å². The number of nitrogens with zero attached hydrogens (tertiary/aromatic N) is 2. The van der Waals surface area contributed by atoms with E-state index in [1.807, 2.05) is 30.5 Å². The van der Waals surface area contributed by atoms with Crippen LogP contribution >= 0.6 is 23.4 Å². The number of piperazine rings is 1. The smallest absolute Gasteiger partial charge is 0.241 e. The average molecular weight is 496 g/mol. The SMILES string of the molecule is CSCCC(NS(=O)(=O)c1ccccc1)C(=O)N1CCN(C(C)c2ccccc2Cl)CC1. The fourth-order valence-electron chi connectivity index (χ4n) is 3.88. The number of carbonyl (C=O) groups is 1. The topological polar surface area (TPSA) is 69.7 Å². The van der Waals surface area contributed by atoms with E-state index in [2.05, 4.69) is 16.5 Å². The number of hydrogen-bond donors (Lipinski definition) is 1. The Morgan fingerprint density at radius 3 is 2.31 bits per heavy atom. The lowest BCUT2D eigenvalue weighted by molar-refractivity contribution is -0.135. The molecule has 1 saturated heterocycles. The molecule has 1 aliphatic heterocycles. The van der Waals surface area contributed by atoms with Crippen molar-refractivity contribution in [1.82, 2.24) is 14.5 Å². The number of benzene rings is 2. The second-order valence-corrected chi connectivity index (χ2v) is 10.9. The van der Waals surface area contributed by atoms with Crippen molar-refractivity contribution in [2.24, 2.45) is 0 Å². The van der Waals surface area contributed by atoms with Crippen LogP contribution in [0.5, 0.6) is 0 Å². The average Bonchev–Trinajstić information content (AvgIpc) is 2.82. The minimum absolute atomic E-state index is 0.143. The zero-order valence-electron chi connectivity index (χ0n) is 18.4. The van der Waals surface area contributed by atoms with Crippen molar-refractivity contribution < 1.29 is 13.2 Å². The number of carbonyl (C=O) groups excluding carboxylic acids is 1. The molecule has 1 heterocycles. The molecule has 1 aliphatic rings. The van der Waals surface area contributed by atoms with Crippen LogP contribution in [0.1, 0.15) is 24.9 Å². The predicted octanol–water partition coefficient (Wildman–Crippen LogP) is 3.65. The molecule has 0 bridgehead atoms. The summed E-state index contributed by atoms with van der Waals surface area (Å²) in [5, 5.41) is 0.742. The second-order valence-electron chi connectivity index (χ2n) is 7.83. The van der Waals surface area contributed by atoms with Gasteiger partial charge in [0, 0.05) is 37.2 Å². The Bertz CT molecular complexity index is 997. The molecule has 0 aliphatic carbocycles. The molecular formula is C23H30ClN3O3S2. The zero-order chi connectivity index (χ0) is 23.1. The van der Waals surface area contributed by atoms with E-state index in [1.54, 1.807) is 34.9 Å². The van der Waals surface area contributed by atoms with Gasteiger partial charge < -0.3 is 4.90 Å². The van der Waals surface area contributed by atoms with E-state index in [9.17, 15) is 13.2 Å². The number of hydrogen-bond acceptors (Lipinski definition) is 5. The molecule has 174 valence electrons. The Morgan fingerprint density at radius 2 is 1.69 bits per heavy atom. The number of thioether (sulfide) groups is 1. The first-order valence-electron chi connectivity index (χ1n) is 10.7. The number of rotatable bonds is 9. The molecule has 1 N–H and O–H groups in total. The highest BCUT2D eigenvalue weighted by molar-refractivity contribution is 7.98. The van der Waals surface area contributed by atoms with Crippen LogP contribution < -0.4 is 4.72 Å². The standard InChI is InChI=1S/C23H30ClN3O3S2/c1-18(20-10-6-7-11-21(20)24)26-13-15-27(16-14-26)23(28)22(12-17-31-2)25-32(29,30)19-8-4-3-5-9-19/h3-11,18,22,25H,12-17H2,1-2H3. The molecule has 3 rings (SSSR count). The minimum atomic E-state index is -3.77. The van der Waals surface area contributed by atoms with Crippen LogP contribution in [0, 0.1) is 0 Å². The molecule has 0 saturated carbocycles. The molecule has 2 atom stereocenters. The van der Waals surface area contributed by atoms with E-state index >= 15 is 0 Å². The van der Waals surface area contributed by atoms with Gasteiger partial charge in [-0.25, -0.2) is 8.42 Å². The summed E-state index contributed by atoms with van der Waals surface area (Å²) in [6, 6.07) is 15.4. The maximum atomic E-state index is 13.3. The minimum Gasteiger partial charge on any atom is -0.339 e. The molecule has 6 nitrogen and oxygen atoms in total. The summed E-state index contributed by atoms with van der Waals surface area (Å²) in [5.74, 6) is 0.528. The van der Waals surface area contributed by atoms with E-state index in [1.165, 1.54) is 12.1 Å². The third-order valence-corrected chi connectivity index (χ3v) is 8.26. The predicted molar refractivity (Wildman–Crippen MR) is 132 cm³/mol. The van der Waals surface area contributed by atoms with Gasteiger partial charge in [-0.1, -0.05) is 48.0 Å². The van der Waals surface area contributed by atoms with Crippen LogP contribution in [0.3, 0.4) is 0 Å². The summed E-state index contributed by atoms with van der Waals surface area (Å²) >= 11 is 7.95. The number of halogens is 1. The molecule has 1 amide bonds. The van der Waals surface area contributed by atoms with Crippen molar-refractivity contribution in [1.29, 1.82) is 0 Å². The first kappa shape index (κ1) is 25.1. The summed E-state index contributed by atoms with van der Waals surface area (Å²) in [6.07, 6.45) is 2.39. The quantitative estimate of drug-likeness (QED) is 0.575. The summed E-state index contributed by atoms with van der Waals surface area (Å²) in [5.41, 5.74) is 1.07. The Morgan fingerprint density at radius 1 is 1.06 bits per heavy atom. The molecule has 32 heavy (non-hydrogen) atoms. The lowest BCUT2D eigenvalue weighted by Gasteiger charge is -2.39. The van der Waals surface area contributed by atoms with Gasteiger partial charge in [0.2, 0.25) is 15.9 Å². The first-order chi connectivity index (χ1) is 15.3. The fraction of sp³-hybridized carbons (Fsp3) is 0.435. The van der Waals surface area contributed by atoms with Crippen molar-refractivity contribution in [3.8, 4) is 0 Å². The van der Waals surface area contributed by atoms with Crippen molar-refractivity contribution >= 4 is 39.3 Å². The van der Waals surface area contributed by atoms with Gasteiger partial charge >= 0.3 is 0 Å². The van der Waals surface area contributed by atoms with Gasteiger partial charge in [0.05, 0.1) is 4.90 Å². The molecule has 2 unspecified atom stereocenters. The van der Waals surface area contributed by atoms with Crippen LogP contribution in [0.15, 0.2) is 59.5 Å². The highest BCUT2D eigenvalue weighted by Gasteiger charge is 2.32. The summed E-state index contributed by atoms with van der Waals surface area (Å²) in [6.45, 7) is 4.64. The Balaban J connectivity index is 1.65. The molecule has 1 fully saturated rings. The normalized spacial score (nSPS) is 17.2. The Hall–Kier alpha value is -1.58. The second kappa shape index (κ2) is 11.5. The van der Waals surface area contributed by atoms with Gasteiger partial charge in [-0.05, 0) is 49.1 Å². The fourth-order valence-corrected chi connectivity index (χ4v) is 5.89. The van der Waals surface area contributed by atoms with E-state index in [-0.39, 0.29) is 16.8 Å². The lowest BCUT2D eigenvalue weighted by Crippen LogP contribution is -2.55. The maximum absolute atomic E-state index is 13.3. The van der Waals surface area contributed by atoms with E-state index < -0.39 is 16.1 Å². The van der Waals surface area contributed by atoms with Crippen LogP contribution in [-0.4, -0.2) is 68.4 Å². The highest BCUT2D eigenvalue weighted by atomic mass is 35.5. The number of nitrogens with one attached hydrogen (secondary N) is 1. The first-order valence-corrected chi connectivity index (χ1v) is 13.9. The van der Waals surface area contributed by atoms with Crippen LogP contribution in [0.4, 0.5) is 0 Å². The van der Waals surface area contributed by atoms with Crippen molar-refractivity contribution in [2.75, 3.05) is 38.2 Å². The van der Waals surface area contributed by atoms with Crippen molar-refractivity contribution in [2.45, 2.75) is 30.3 Å². The summed E-state index contributed by atoms with van der Waals surface area (Å²) in [7, 11) is -3.77. The number of sulfonamides is 1. The third kappa shape index (κ3) is 6.26. The molecule has 2 aromatic carbocycles. The summed E-state index contributed by atoms with van der Waals surface area (Å²) in [4.78, 5) is 17.5. The van der Waals surface area contributed by atoms with Crippen LogP contribution in [0.25, 0.3) is 0 Å². The Kier molecular flexibility index (Phi) is 9.02. The largest absolute Gasteiger partial charge is 0.339 e. The highest BCUT2D eigenvalue weighted by Crippen LogP contribution is 2.28. The molecule has 2 aromatic rings. The van der Waals surface area contributed by atoms with Gasteiger partial charge in [-0.3, -0.25) is 9.69 Å². The maximum Gasteiger partial charge on any atom is 0.241 e. The third-order valence-electron chi connectivity index (χ3n) is 5.79. The monoisotopic (exact) mass is 495 g/mol. The molecule has 0 spiro atoms. The molecule has 0 radical (unpaired) electrons. The van der Waals surface area contributed by atoms with E-state index in [0.29, 0.717) is 38.4 Å². The summed E-state index contributed by atoms with van der Waals surface area (Å²) < 4.78 is 28.3. The zero-order valence-corrected chi connectivity index (χ0v) is 20.8. The molecule has 0 aromatic heterocycles. The number of amides is 1. The van der Waals surface area contributed by atoms with Crippen molar-refractivity contribution in [3.05, 3.63) is 65.2 Å². The van der Waals surface area contributed by atoms with Crippen molar-refractivity contribution in [3.63, 3.8) is 0 Å². The molecular weight excluding hydrogens is 466 g/mol. The molecule has 9 heteroatoms. The van der Waals surface area contributed by atoms with Gasteiger partial charge in [-0.15, -0.1) is 0 Å². The van der Waals surface area contributed by atoms with Gasteiger partial charge in [0.15, 0.2) is 0 Å². The Labute approximate surface area is 200 Å².